The van der Waals surface area contributed by atoms with Gasteiger partial charge in [0.05, 0.1) is 0 Å². The third-order valence-corrected chi connectivity index (χ3v) is 3.59. The minimum atomic E-state index is 0.711. The van der Waals surface area contributed by atoms with Crippen molar-refractivity contribution < 1.29 is 4.74 Å². The van der Waals surface area contributed by atoms with E-state index >= 15 is 0 Å². The van der Waals surface area contributed by atoms with Gasteiger partial charge in [-0.3, -0.25) is 0 Å². The van der Waals surface area contributed by atoms with Gasteiger partial charge >= 0.3 is 0 Å². The molecule has 0 amide bonds. The molecule has 1 unspecified atom stereocenters. The summed E-state index contributed by atoms with van der Waals surface area (Å²) in [5.41, 5.74) is 2.90. The van der Waals surface area contributed by atoms with Crippen molar-refractivity contribution in [3.63, 3.8) is 0 Å². The normalized spacial score (nSPS) is 12.6. The molecular formula is C17H29NO. The Labute approximate surface area is 118 Å². The average Bonchev–Trinajstić information content (AvgIpc) is 2.41. The van der Waals surface area contributed by atoms with Crippen molar-refractivity contribution in [3.05, 3.63) is 35.4 Å². The van der Waals surface area contributed by atoms with Crippen LogP contribution in [-0.4, -0.2) is 26.8 Å². The summed E-state index contributed by atoms with van der Waals surface area (Å²) in [5.74, 6) is 0.711. The number of hydrogen-bond acceptors (Lipinski definition) is 2. The first-order valence-electron chi connectivity index (χ1n) is 7.52. The lowest BCUT2D eigenvalue weighted by Crippen LogP contribution is -2.25. The van der Waals surface area contributed by atoms with E-state index in [4.69, 9.17) is 4.74 Å². The molecule has 0 aliphatic rings. The maximum atomic E-state index is 5.17. The zero-order valence-electron chi connectivity index (χ0n) is 12.7. The Hall–Kier alpha value is -0.860. The Morgan fingerprint density at radius 1 is 1.26 bits per heavy atom. The first kappa shape index (κ1) is 16.2. The fourth-order valence-electron chi connectivity index (χ4n) is 2.43. The lowest BCUT2D eigenvalue weighted by molar-refractivity contribution is 0.186. The summed E-state index contributed by atoms with van der Waals surface area (Å²) < 4.78 is 5.17. The van der Waals surface area contributed by atoms with E-state index in [9.17, 15) is 0 Å². The number of nitrogens with one attached hydrogen (secondary N) is 1. The van der Waals surface area contributed by atoms with Crippen LogP contribution in [0.2, 0.25) is 0 Å². The van der Waals surface area contributed by atoms with Crippen molar-refractivity contribution in [2.75, 3.05) is 26.8 Å². The fourth-order valence-corrected chi connectivity index (χ4v) is 2.43. The summed E-state index contributed by atoms with van der Waals surface area (Å²) in [4.78, 5) is 0. The van der Waals surface area contributed by atoms with Crippen molar-refractivity contribution in [3.8, 4) is 0 Å². The Bertz CT molecular complexity index is 328. The molecule has 0 aromatic heterocycles. The van der Waals surface area contributed by atoms with E-state index in [2.05, 4.69) is 43.4 Å². The van der Waals surface area contributed by atoms with Gasteiger partial charge in [-0.1, -0.05) is 31.2 Å². The molecule has 1 rings (SSSR count). The van der Waals surface area contributed by atoms with Gasteiger partial charge in [-0.05, 0) is 62.7 Å². The van der Waals surface area contributed by atoms with Crippen molar-refractivity contribution in [1.82, 2.24) is 5.32 Å². The molecule has 0 spiro atoms. The highest BCUT2D eigenvalue weighted by molar-refractivity contribution is 5.25. The van der Waals surface area contributed by atoms with Crippen molar-refractivity contribution in [2.45, 2.75) is 39.5 Å². The van der Waals surface area contributed by atoms with E-state index in [0.29, 0.717) is 5.92 Å². The summed E-state index contributed by atoms with van der Waals surface area (Å²) in [7, 11) is 1.78. The van der Waals surface area contributed by atoms with Gasteiger partial charge in [0.15, 0.2) is 0 Å². The minimum absolute atomic E-state index is 0.711. The highest BCUT2D eigenvalue weighted by Gasteiger charge is 2.10. The van der Waals surface area contributed by atoms with Crippen molar-refractivity contribution in [2.24, 2.45) is 5.92 Å². The van der Waals surface area contributed by atoms with Crippen LogP contribution < -0.4 is 5.32 Å². The SMILES string of the molecule is CCCNCC(CCCOC)Cc1ccccc1C. The van der Waals surface area contributed by atoms with Crippen LogP contribution in [-0.2, 0) is 11.2 Å². The molecular weight excluding hydrogens is 234 g/mol. The first-order valence-corrected chi connectivity index (χ1v) is 7.52. The third kappa shape index (κ3) is 6.74. The highest BCUT2D eigenvalue weighted by atomic mass is 16.5. The molecule has 1 atom stereocenters. The Kier molecular flexibility index (Phi) is 8.52. The minimum Gasteiger partial charge on any atom is -0.385 e. The molecule has 1 aromatic carbocycles. The average molecular weight is 263 g/mol. The van der Waals surface area contributed by atoms with Crippen LogP contribution in [0.3, 0.4) is 0 Å². The van der Waals surface area contributed by atoms with Crippen molar-refractivity contribution in [1.29, 1.82) is 0 Å². The maximum Gasteiger partial charge on any atom is 0.0462 e. The topological polar surface area (TPSA) is 21.3 Å². The molecule has 0 aliphatic carbocycles. The fraction of sp³-hybridized carbons (Fsp3) is 0.647. The molecule has 0 bridgehead atoms. The summed E-state index contributed by atoms with van der Waals surface area (Å²) in [6.45, 7) is 7.54. The van der Waals surface area contributed by atoms with Gasteiger partial charge in [0.1, 0.15) is 0 Å². The molecule has 0 saturated carbocycles. The number of methoxy groups -OCH3 is 1. The van der Waals surface area contributed by atoms with Gasteiger partial charge in [0.25, 0.3) is 0 Å². The molecule has 0 radical (unpaired) electrons. The molecule has 2 heteroatoms. The summed E-state index contributed by atoms with van der Waals surface area (Å²) in [6.07, 6.45) is 4.77. The quantitative estimate of drug-likeness (QED) is 0.651. The van der Waals surface area contributed by atoms with Crippen LogP contribution in [0.4, 0.5) is 0 Å². The highest BCUT2D eigenvalue weighted by Crippen LogP contribution is 2.17. The third-order valence-electron chi connectivity index (χ3n) is 3.59. The van der Waals surface area contributed by atoms with Crippen molar-refractivity contribution >= 4 is 0 Å². The van der Waals surface area contributed by atoms with Gasteiger partial charge in [0, 0.05) is 13.7 Å². The molecule has 1 N–H and O–H groups in total. The Morgan fingerprint density at radius 2 is 2.05 bits per heavy atom. The second-order valence-electron chi connectivity index (χ2n) is 5.34. The van der Waals surface area contributed by atoms with Gasteiger partial charge in [-0.15, -0.1) is 0 Å². The van der Waals surface area contributed by atoms with Gasteiger partial charge in [-0.2, -0.15) is 0 Å². The number of aryl methyl sites for hydroxylation is 1. The Balaban J connectivity index is 2.49. The number of hydrogen-bond donors (Lipinski definition) is 1. The summed E-state index contributed by atoms with van der Waals surface area (Å²) in [6, 6.07) is 8.74. The second kappa shape index (κ2) is 9.99. The lowest BCUT2D eigenvalue weighted by atomic mass is 9.92. The maximum absolute atomic E-state index is 5.17. The summed E-state index contributed by atoms with van der Waals surface area (Å²) in [5, 5.41) is 3.56. The number of rotatable bonds is 10. The molecule has 0 heterocycles. The van der Waals surface area contributed by atoms with Gasteiger partial charge < -0.3 is 10.1 Å². The zero-order valence-corrected chi connectivity index (χ0v) is 12.7. The molecule has 1 aromatic rings. The van der Waals surface area contributed by atoms with E-state index in [1.165, 1.54) is 30.4 Å². The smallest absolute Gasteiger partial charge is 0.0462 e. The molecule has 0 aliphatic heterocycles. The van der Waals surface area contributed by atoms with Crippen LogP contribution in [0.1, 0.15) is 37.3 Å². The first-order chi connectivity index (χ1) is 9.27. The largest absolute Gasteiger partial charge is 0.385 e. The molecule has 0 fully saturated rings. The van der Waals surface area contributed by atoms with E-state index < -0.39 is 0 Å². The van der Waals surface area contributed by atoms with E-state index in [-0.39, 0.29) is 0 Å². The summed E-state index contributed by atoms with van der Waals surface area (Å²) >= 11 is 0. The predicted octanol–water partition coefficient (Wildman–Crippen LogP) is 3.58. The van der Waals surface area contributed by atoms with Gasteiger partial charge in [0.2, 0.25) is 0 Å². The number of ether oxygens (including phenoxy) is 1. The van der Waals surface area contributed by atoms with Crippen LogP contribution >= 0.6 is 0 Å². The lowest BCUT2D eigenvalue weighted by Gasteiger charge is -2.18. The molecule has 0 saturated heterocycles. The standard InChI is InChI=1S/C17H29NO/c1-4-11-18-14-16(9-7-12-19-3)13-17-10-6-5-8-15(17)2/h5-6,8,10,16,18H,4,7,9,11-14H2,1-3H3. The van der Waals surface area contributed by atoms with Crippen LogP contribution in [0.15, 0.2) is 24.3 Å². The number of benzene rings is 1. The molecule has 19 heavy (non-hydrogen) atoms. The van der Waals surface area contributed by atoms with Crippen LogP contribution in [0.5, 0.6) is 0 Å². The molecule has 2 nitrogen and oxygen atoms in total. The van der Waals surface area contributed by atoms with Crippen LogP contribution in [0.25, 0.3) is 0 Å². The van der Waals surface area contributed by atoms with E-state index in [0.717, 1.165) is 26.1 Å². The van der Waals surface area contributed by atoms with E-state index in [1.54, 1.807) is 7.11 Å². The molecule has 108 valence electrons. The zero-order chi connectivity index (χ0) is 13.9. The Morgan fingerprint density at radius 3 is 2.74 bits per heavy atom. The van der Waals surface area contributed by atoms with Crippen LogP contribution in [0, 0.1) is 12.8 Å². The van der Waals surface area contributed by atoms with E-state index in [1.807, 2.05) is 0 Å². The predicted molar refractivity (Wildman–Crippen MR) is 82.6 cm³/mol. The van der Waals surface area contributed by atoms with Gasteiger partial charge in [-0.25, -0.2) is 0 Å². The second-order valence-corrected chi connectivity index (χ2v) is 5.34. The monoisotopic (exact) mass is 263 g/mol.